The van der Waals surface area contributed by atoms with Crippen molar-refractivity contribution in [1.82, 2.24) is 4.98 Å². The molecule has 1 heterocycles. The molecule has 0 radical (unpaired) electrons. The number of thioether (sulfide) groups is 1. The van der Waals surface area contributed by atoms with E-state index in [2.05, 4.69) is 10.3 Å². The van der Waals surface area contributed by atoms with Crippen molar-refractivity contribution in [3.05, 3.63) is 84.1 Å². The summed E-state index contributed by atoms with van der Waals surface area (Å²) in [5.41, 5.74) is 2.37. The number of carbonyl (C=O) groups excluding carboxylic acids is 1. The van der Waals surface area contributed by atoms with Crippen LogP contribution in [0.5, 0.6) is 5.75 Å². The number of rotatable bonds is 7. The Morgan fingerprint density at radius 3 is 2.70 bits per heavy atom. The van der Waals surface area contributed by atoms with Crippen molar-refractivity contribution < 1.29 is 9.53 Å². The molecule has 0 aliphatic heterocycles. The molecule has 0 aliphatic rings. The van der Waals surface area contributed by atoms with Crippen LogP contribution in [0.3, 0.4) is 0 Å². The molecule has 6 heteroatoms. The Kier molecular flexibility index (Phi) is 6.45. The molecule has 0 aliphatic carbocycles. The summed E-state index contributed by atoms with van der Waals surface area (Å²) in [6.45, 7) is -0.0984. The largest absolute Gasteiger partial charge is 0.484 e. The van der Waals surface area contributed by atoms with Gasteiger partial charge in [0, 0.05) is 17.6 Å². The van der Waals surface area contributed by atoms with Crippen molar-refractivity contribution in [2.24, 2.45) is 0 Å². The lowest BCUT2D eigenvalue weighted by molar-refractivity contribution is -0.118. The fraction of sp³-hybridized carbons (Fsp3) is 0.0952. The third-order valence-corrected chi connectivity index (χ3v) is 4.60. The maximum absolute atomic E-state index is 12.1. The van der Waals surface area contributed by atoms with Crippen molar-refractivity contribution in [2.45, 2.75) is 10.8 Å². The molecule has 0 saturated carbocycles. The van der Waals surface area contributed by atoms with E-state index in [1.807, 2.05) is 48.5 Å². The number of nitriles is 1. The zero-order valence-corrected chi connectivity index (χ0v) is 15.3. The third kappa shape index (κ3) is 5.87. The van der Waals surface area contributed by atoms with Crippen LogP contribution in [-0.4, -0.2) is 17.5 Å². The fourth-order valence-corrected chi connectivity index (χ4v) is 3.10. The minimum absolute atomic E-state index is 0.0984. The van der Waals surface area contributed by atoms with Gasteiger partial charge < -0.3 is 10.1 Å². The molecule has 0 fully saturated rings. The Bertz CT molecular complexity index is 938. The molecule has 3 aromatic rings. The van der Waals surface area contributed by atoms with Gasteiger partial charge in [0.05, 0.1) is 16.7 Å². The molecule has 1 amide bonds. The van der Waals surface area contributed by atoms with E-state index < -0.39 is 0 Å². The standard InChI is InChI=1S/C21H17N3O2S/c22-13-16-7-9-19(10-8-16)26-14-20(25)24-18-5-3-4-17(12-18)15-27-21-6-1-2-11-23-21/h1-12H,14-15H2,(H,24,25). The Morgan fingerprint density at radius 2 is 1.96 bits per heavy atom. The number of hydrogen-bond acceptors (Lipinski definition) is 5. The Morgan fingerprint density at radius 1 is 1.11 bits per heavy atom. The topological polar surface area (TPSA) is 75.0 Å². The van der Waals surface area contributed by atoms with Gasteiger partial charge in [-0.3, -0.25) is 4.79 Å². The van der Waals surface area contributed by atoms with E-state index in [-0.39, 0.29) is 12.5 Å². The van der Waals surface area contributed by atoms with Gasteiger partial charge in [0.2, 0.25) is 0 Å². The van der Waals surface area contributed by atoms with Crippen molar-refractivity contribution in [3.63, 3.8) is 0 Å². The summed E-state index contributed by atoms with van der Waals surface area (Å²) in [7, 11) is 0. The van der Waals surface area contributed by atoms with Crippen LogP contribution in [0, 0.1) is 11.3 Å². The number of aromatic nitrogens is 1. The number of nitrogens with one attached hydrogen (secondary N) is 1. The van der Waals surface area contributed by atoms with Gasteiger partial charge in [-0.05, 0) is 54.1 Å². The number of nitrogens with zero attached hydrogens (tertiary/aromatic N) is 2. The Balaban J connectivity index is 1.50. The minimum Gasteiger partial charge on any atom is -0.484 e. The van der Waals surface area contributed by atoms with Gasteiger partial charge in [-0.25, -0.2) is 4.98 Å². The van der Waals surface area contributed by atoms with Gasteiger partial charge in [-0.15, -0.1) is 11.8 Å². The highest BCUT2D eigenvalue weighted by atomic mass is 32.2. The summed E-state index contributed by atoms with van der Waals surface area (Å²) < 4.78 is 5.44. The Hall–Kier alpha value is -3.30. The number of benzene rings is 2. The monoisotopic (exact) mass is 375 g/mol. The molecular weight excluding hydrogens is 358 g/mol. The SMILES string of the molecule is N#Cc1ccc(OCC(=O)Nc2cccc(CSc3ccccn3)c2)cc1. The average Bonchev–Trinajstić information content (AvgIpc) is 2.72. The van der Waals surface area contributed by atoms with Gasteiger partial charge >= 0.3 is 0 Å². The molecule has 27 heavy (non-hydrogen) atoms. The van der Waals surface area contributed by atoms with E-state index in [9.17, 15) is 4.79 Å². The molecular formula is C21H17N3O2S. The van der Waals surface area contributed by atoms with E-state index >= 15 is 0 Å². The molecule has 3 rings (SSSR count). The molecule has 134 valence electrons. The van der Waals surface area contributed by atoms with Crippen molar-refractivity contribution in [2.75, 3.05) is 11.9 Å². The predicted molar refractivity (Wildman–Crippen MR) is 106 cm³/mol. The van der Waals surface area contributed by atoms with Gasteiger partial charge in [-0.2, -0.15) is 5.26 Å². The predicted octanol–water partition coefficient (Wildman–Crippen LogP) is 4.26. The summed E-state index contributed by atoms with van der Waals surface area (Å²) in [5.74, 6) is 1.07. The maximum atomic E-state index is 12.1. The van der Waals surface area contributed by atoms with Gasteiger partial charge in [0.15, 0.2) is 6.61 Å². The minimum atomic E-state index is -0.242. The zero-order chi connectivity index (χ0) is 18.9. The number of carbonyl (C=O) groups is 1. The first-order chi connectivity index (χ1) is 13.2. The van der Waals surface area contributed by atoms with Gasteiger partial charge in [0.1, 0.15) is 5.75 Å². The molecule has 0 saturated heterocycles. The molecule has 0 spiro atoms. The summed E-state index contributed by atoms with van der Waals surface area (Å²) in [4.78, 5) is 16.4. The van der Waals surface area contributed by atoms with Crippen LogP contribution in [0.1, 0.15) is 11.1 Å². The lowest BCUT2D eigenvalue weighted by Crippen LogP contribution is -2.20. The zero-order valence-electron chi connectivity index (χ0n) is 14.5. The van der Waals surface area contributed by atoms with Gasteiger partial charge in [0.25, 0.3) is 5.91 Å². The van der Waals surface area contributed by atoms with Crippen molar-refractivity contribution in [1.29, 1.82) is 5.26 Å². The fourth-order valence-electron chi connectivity index (χ4n) is 2.30. The summed E-state index contributed by atoms with van der Waals surface area (Å²) in [6.07, 6.45) is 1.77. The number of anilines is 1. The number of hydrogen-bond donors (Lipinski definition) is 1. The van der Waals surface area contributed by atoms with Crippen LogP contribution < -0.4 is 10.1 Å². The Labute approximate surface area is 162 Å². The molecule has 5 nitrogen and oxygen atoms in total. The van der Waals surface area contributed by atoms with Crippen LogP contribution >= 0.6 is 11.8 Å². The number of amides is 1. The highest BCUT2D eigenvalue weighted by Crippen LogP contribution is 2.22. The lowest BCUT2D eigenvalue weighted by Gasteiger charge is -2.09. The summed E-state index contributed by atoms with van der Waals surface area (Å²) >= 11 is 1.64. The molecule has 1 aromatic heterocycles. The van der Waals surface area contributed by atoms with Crippen molar-refractivity contribution >= 4 is 23.4 Å². The second-order valence-electron chi connectivity index (χ2n) is 5.63. The van der Waals surface area contributed by atoms with Gasteiger partial charge in [-0.1, -0.05) is 18.2 Å². The molecule has 0 unspecified atom stereocenters. The lowest BCUT2D eigenvalue weighted by atomic mass is 10.2. The van der Waals surface area contributed by atoms with Crippen LogP contribution in [0.4, 0.5) is 5.69 Å². The summed E-state index contributed by atoms with van der Waals surface area (Å²) in [6, 6.07) is 22.2. The number of pyridine rings is 1. The second-order valence-corrected chi connectivity index (χ2v) is 6.63. The molecule has 0 bridgehead atoms. The number of ether oxygens (including phenoxy) is 1. The van der Waals surface area contributed by atoms with E-state index in [1.54, 1.807) is 42.2 Å². The second kappa shape index (κ2) is 9.41. The molecule has 1 N–H and O–H groups in total. The van der Waals surface area contributed by atoms with Crippen LogP contribution in [0.2, 0.25) is 0 Å². The van der Waals surface area contributed by atoms with E-state index in [0.29, 0.717) is 11.3 Å². The highest BCUT2D eigenvalue weighted by Gasteiger charge is 2.05. The molecule has 0 atom stereocenters. The first kappa shape index (κ1) is 18.5. The van der Waals surface area contributed by atoms with Crippen LogP contribution in [0.15, 0.2) is 78.0 Å². The van der Waals surface area contributed by atoms with Crippen molar-refractivity contribution in [3.8, 4) is 11.8 Å². The van der Waals surface area contributed by atoms with Crippen LogP contribution in [-0.2, 0) is 10.5 Å². The maximum Gasteiger partial charge on any atom is 0.262 e. The first-order valence-electron chi connectivity index (χ1n) is 8.28. The smallest absolute Gasteiger partial charge is 0.262 e. The van der Waals surface area contributed by atoms with Crippen LogP contribution in [0.25, 0.3) is 0 Å². The highest BCUT2D eigenvalue weighted by molar-refractivity contribution is 7.98. The summed E-state index contributed by atoms with van der Waals surface area (Å²) in [5, 5.41) is 12.6. The first-order valence-corrected chi connectivity index (χ1v) is 9.27. The third-order valence-electron chi connectivity index (χ3n) is 3.59. The normalized spacial score (nSPS) is 10.0. The average molecular weight is 375 g/mol. The quantitative estimate of drug-likeness (QED) is 0.625. The van der Waals surface area contributed by atoms with E-state index in [1.165, 1.54) is 0 Å². The molecule has 2 aromatic carbocycles. The van der Waals surface area contributed by atoms with E-state index in [0.717, 1.165) is 22.0 Å². The van der Waals surface area contributed by atoms with E-state index in [4.69, 9.17) is 10.00 Å².